The zero-order chi connectivity index (χ0) is 19.9. The molecule has 0 saturated heterocycles. The largest absolute Gasteiger partial charge is 0.492 e. The van der Waals surface area contributed by atoms with Crippen molar-refractivity contribution in [2.24, 2.45) is 0 Å². The van der Waals surface area contributed by atoms with Crippen molar-refractivity contribution >= 4 is 10.0 Å². The molecule has 6 heteroatoms. The van der Waals surface area contributed by atoms with Gasteiger partial charge in [-0.15, -0.1) is 0 Å². The molecule has 0 aliphatic heterocycles. The van der Waals surface area contributed by atoms with Crippen LogP contribution in [0.4, 0.5) is 0 Å². The number of nitrogens with one attached hydrogen (secondary N) is 2. The van der Waals surface area contributed by atoms with Crippen molar-refractivity contribution in [3.63, 3.8) is 0 Å². The van der Waals surface area contributed by atoms with Crippen molar-refractivity contribution in [1.82, 2.24) is 10.0 Å². The summed E-state index contributed by atoms with van der Waals surface area (Å²) in [4.78, 5) is 0. The van der Waals surface area contributed by atoms with Crippen LogP contribution in [-0.4, -0.2) is 40.4 Å². The SMILES string of the molecule is CNCCOc1ccc(-c2ccc(C(C)CNS(=O)(=O)C(C)C)cc2)cc1. The summed E-state index contributed by atoms with van der Waals surface area (Å²) >= 11 is 0. The Hall–Kier alpha value is -1.89. The first kappa shape index (κ1) is 21.4. The molecule has 0 saturated carbocycles. The minimum atomic E-state index is -3.23. The van der Waals surface area contributed by atoms with Crippen LogP contribution in [0.1, 0.15) is 32.3 Å². The van der Waals surface area contributed by atoms with E-state index in [1.807, 2.05) is 38.2 Å². The van der Waals surface area contributed by atoms with Gasteiger partial charge in [0.15, 0.2) is 0 Å². The van der Waals surface area contributed by atoms with Gasteiger partial charge in [0.25, 0.3) is 0 Å². The van der Waals surface area contributed by atoms with E-state index in [1.165, 1.54) is 0 Å². The zero-order valence-electron chi connectivity index (χ0n) is 16.5. The van der Waals surface area contributed by atoms with Crippen LogP contribution in [0.5, 0.6) is 5.75 Å². The molecule has 2 aromatic carbocycles. The Kier molecular flexibility index (Phi) is 7.83. The fourth-order valence-electron chi connectivity index (χ4n) is 2.54. The van der Waals surface area contributed by atoms with Gasteiger partial charge in [0.05, 0.1) is 5.25 Å². The molecule has 5 nitrogen and oxygen atoms in total. The van der Waals surface area contributed by atoms with Crippen LogP contribution in [0.3, 0.4) is 0 Å². The lowest BCUT2D eigenvalue weighted by molar-refractivity contribution is 0.318. The number of ether oxygens (including phenoxy) is 1. The minimum Gasteiger partial charge on any atom is -0.492 e. The van der Waals surface area contributed by atoms with Gasteiger partial charge in [0, 0.05) is 13.1 Å². The number of sulfonamides is 1. The molecule has 1 atom stereocenters. The van der Waals surface area contributed by atoms with Crippen molar-refractivity contribution in [2.75, 3.05) is 26.7 Å². The molecule has 0 aliphatic carbocycles. The normalized spacial score (nSPS) is 12.9. The van der Waals surface area contributed by atoms with Crippen LogP contribution >= 0.6 is 0 Å². The predicted octanol–water partition coefficient (Wildman–Crippen LogP) is 3.38. The molecule has 1 unspecified atom stereocenters. The minimum absolute atomic E-state index is 0.107. The van der Waals surface area contributed by atoms with Gasteiger partial charge in [0.1, 0.15) is 12.4 Å². The van der Waals surface area contributed by atoms with E-state index in [0.29, 0.717) is 13.2 Å². The fraction of sp³-hybridized carbons (Fsp3) is 0.429. The first-order valence-corrected chi connectivity index (χ1v) is 10.8. The number of benzene rings is 2. The molecule has 0 heterocycles. The van der Waals surface area contributed by atoms with Gasteiger partial charge in [-0.2, -0.15) is 0 Å². The standard InChI is InChI=1S/C21H30N2O3S/c1-16(2)27(24,25)23-15-17(3)18-5-7-19(8-6-18)20-9-11-21(12-10-20)26-14-13-22-4/h5-12,16-17,22-23H,13-15H2,1-4H3. The molecule has 0 bridgehead atoms. The molecular weight excluding hydrogens is 360 g/mol. The Morgan fingerprint density at radius 1 is 0.926 bits per heavy atom. The van der Waals surface area contributed by atoms with E-state index >= 15 is 0 Å². The highest BCUT2D eigenvalue weighted by Crippen LogP contribution is 2.25. The third kappa shape index (κ3) is 6.34. The molecule has 0 spiro atoms. The summed E-state index contributed by atoms with van der Waals surface area (Å²) in [6, 6.07) is 16.3. The quantitative estimate of drug-likeness (QED) is 0.610. The molecule has 2 aromatic rings. The molecule has 0 amide bonds. The van der Waals surface area contributed by atoms with Crippen LogP contribution in [0.15, 0.2) is 48.5 Å². The summed E-state index contributed by atoms with van der Waals surface area (Å²) < 4.78 is 32.1. The van der Waals surface area contributed by atoms with Crippen molar-refractivity contribution < 1.29 is 13.2 Å². The highest BCUT2D eigenvalue weighted by molar-refractivity contribution is 7.90. The zero-order valence-corrected chi connectivity index (χ0v) is 17.3. The van der Waals surface area contributed by atoms with Crippen LogP contribution < -0.4 is 14.8 Å². The van der Waals surface area contributed by atoms with Gasteiger partial charge in [0.2, 0.25) is 10.0 Å². The highest BCUT2D eigenvalue weighted by atomic mass is 32.2. The van der Waals surface area contributed by atoms with Gasteiger partial charge in [-0.05, 0) is 55.6 Å². The molecule has 2 N–H and O–H groups in total. The molecule has 0 radical (unpaired) electrons. The first-order chi connectivity index (χ1) is 12.8. The summed E-state index contributed by atoms with van der Waals surface area (Å²) in [6.07, 6.45) is 0. The monoisotopic (exact) mass is 390 g/mol. The fourth-order valence-corrected chi connectivity index (χ4v) is 3.36. The molecule has 148 valence electrons. The topological polar surface area (TPSA) is 67.4 Å². The van der Waals surface area contributed by atoms with Crippen molar-refractivity contribution in [3.8, 4) is 16.9 Å². The Balaban J connectivity index is 1.98. The average molecular weight is 391 g/mol. The van der Waals surface area contributed by atoms with E-state index in [9.17, 15) is 8.42 Å². The van der Waals surface area contributed by atoms with Crippen LogP contribution in [0.2, 0.25) is 0 Å². The maximum atomic E-state index is 11.9. The Labute approximate surface area is 163 Å². The second-order valence-electron chi connectivity index (χ2n) is 6.94. The van der Waals surface area contributed by atoms with E-state index in [1.54, 1.807) is 13.8 Å². The van der Waals surface area contributed by atoms with Crippen molar-refractivity contribution in [2.45, 2.75) is 31.9 Å². The molecule has 0 aromatic heterocycles. The summed E-state index contributed by atoms with van der Waals surface area (Å²) in [5.41, 5.74) is 3.35. The Morgan fingerprint density at radius 2 is 1.48 bits per heavy atom. The number of rotatable bonds is 10. The second kappa shape index (κ2) is 9.88. The Bertz CT molecular complexity index is 800. The maximum Gasteiger partial charge on any atom is 0.213 e. The van der Waals surface area contributed by atoms with Gasteiger partial charge >= 0.3 is 0 Å². The van der Waals surface area contributed by atoms with Gasteiger partial charge in [-0.25, -0.2) is 13.1 Å². The van der Waals surface area contributed by atoms with Crippen molar-refractivity contribution in [3.05, 3.63) is 54.1 Å². The average Bonchev–Trinajstić information content (AvgIpc) is 2.67. The lowest BCUT2D eigenvalue weighted by Crippen LogP contribution is -2.33. The van der Waals surface area contributed by atoms with Crippen LogP contribution in [0, 0.1) is 0 Å². The third-order valence-electron chi connectivity index (χ3n) is 4.50. The lowest BCUT2D eigenvalue weighted by atomic mass is 9.98. The van der Waals surface area contributed by atoms with E-state index in [2.05, 4.69) is 34.3 Å². The lowest BCUT2D eigenvalue weighted by Gasteiger charge is -2.15. The molecule has 0 fully saturated rings. The third-order valence-corrected chi connectivity index (χ3v) is 6.31. The molecular formula is C21H30N2O3S. The smallest absolute Gasteiger partial charge is 0.213 e. The molecule has 27 heavy (non-hydrogen) atoms. The summed E-state index contributed by atoms with van der Waals surface area (Å²) in [6.45, 7) is 7.24. The Morgan fingerprint density at radius 3 is 2.00 bits per heavy atom. The predicted molar refractivity (Wildman–Crippen MR) is 112 cm³/mol. The van der Waals surface area contributed by atoms with Gasteiger partial charge in [-0.3, -0.25) is 0 Å². The summed E-state index contributed by atoms with van der Waals surface area (Å²) in [7, 11) is -1.33. The summed E-state index contributed by atoms with van der Waals surface area (Å²) in [5, 5.41) is 2.63. The first-order valence-electron chi connectivity index (χ1n) is 9.29. The van der Waals surface area contributed by atoms with Crippen LogP contribution in [-0.2, 0) is 10.0 Å². The second-order valence-corrected chi connectivity index (χ2v) is 9.26. The van der Waals surface area contributed by atoms with Crippen molar-refractivity contribution in [1.29, 1.82) is 0 Å². The molecule has 0 aliphatic rings. The maximum absolute atomic E-state index is 11.9. The number of hydrogen-bond donors (Lipinski definition) is 2. The molecule has 2 rings (SSSR count). The van der Waals surface area contributed by atoms with Gasteiger partial charge < -0.3 is 10.1 Å². The van der Waals surface area contributed by atoms with Gasteiger partial charge in [-0.1, -0.05) is 43.3 Å². The van der Waals surface area contributed by atoms with E-state index in [-0.39, 0.29) is 5.92 Å². The van der Waals surface area contributed by atoms with Crippen LogP contribution in [0.25, 0.3) is 11.1 Å². The number of hydrogen-bond acceptors (Lipinski definition) is 4. The highest BCUT2D eigenvalue weighted by Gasteiger charge is 2.17. The van der Waals surface area contributed by atoms with E-state index < -0.39 is 15.3 Å². The number of likely N-dealkylation sites (N-methyl/N-ethyl adjacent to an activating group) is 1. The van der Waals surface area contributed by atoms with E-state index in [0.717, 1.165) is 29.0 Å². The summed E-state index contributed by atoms with van der Waals surface area (Å²) in [5.74, 6) is 0.965. The van der Waals surface area contributed by atoms with E-state index in [4.69, 9.17) is 4.74 Å².